The van der Waals surface area contributed by atoms with Gasteiger partial charge in [-0.1, -0.05) is 57.8 Å². The lowest BCUT2D eigenvalue weighted by Crippen LogP contribution is -2.51. The summed E-state index contributed by atoms with van der Waals surface area (Å²) in [4.78, 5) is 25.7. The van der Waals surface area contributed by atoms with Crippen LogP contribution in [-0.2, 0) is 4.79 Å². The third kappa shape index (κ3) is 8.42. The first-order valence-corrected chi connectivity index (χ1v) is 12.1. The number of aliphatic hydroxyl groups is 1. The molecular formula is C25H40N2O6. The van der Waals surface area contributed by atoms with Crippen LogP contribution in [0.25, 0.3) is 0 Å². The maximum absolute atomic E-state index is 12.9. The second kappa shape index (κ2) is 14.6. The molecule has 0 aromatic heterocycles. The zero-order valence-electron chi connectivity index (χ0n) is 20.3. The van der Waals surface area contributed by atoms with Crippen LogP contribution in [0.3, 0.4) is 0 Å². The minimum absolute atomic E-state index is 0.0593. The number of hydrogen-bond acceptors (Lipinski definition) is 6. The number of aliphatic hydroxyl groups excluding tert-OH is 1. The number of ether oxygens (including phenoxy) is 3. The summed E-state index contributed by atoms with van der Waals surface area (Å²) in [5.74, 6) is 0.161. The van der Waals surface area contributed by atoms with Crippen LogP contribution in [-0.4, -0.2) is 56.9 Å². The van der Waals surface area contributed by atoms with E-state index in [1.165, 1.54) is 78.4 Å². The second-order valence-corrected chi connectivity index (χ2v) is 8.59. The van der Waals surface area contributed by atoms with Crippen molar-refractivity contribution >= 4 is 11.8 Å². The summed E-state index contributed by atoms with van der Waals surface area (Å²) in [6.07, 6.45) is 12.7. The molecule has 0 radical (unpaired) electrons. The van der Waals surface area contributed by atoms with Crippen molar-refractivity contribution in [1.82, 2.24) is 10.6 Å². The fraction of sp³-hybridized carbons (Fsp3) is 0.680. The SMILES string of the molecule is COc1cc(C(=O)N[C@@H](CO)C(=O)NC2CCCCCCCCCCC2)cc(OC)c1OC. The summed E-state index contributed by atoms with van der Waals surface area (Å²) >= 11 is 0. The van der Waals surface area contributed by atoms with Gasteiger partial charge in [0.2, 0.25) is 11.7 Å². The van der Waals surface area contributed by atoms with Crippen molar-refractivity contribution in [2.75, 3.05) is 27.9 Å². The first-order chi connectivity index (χ1) is 16.0. The lowest BCUT2D eigenvalue weighted by atomic mass is 9.97. The lowest BCUT2D eigenvalue weighted by Gasteiger charge is -2.23. The summed E-state index contributed by atoms with van der Waals surface area (Å²) in [6, 6.07) is 2.04. The first-order valence-electron chi connectivity index (χ1n) is 12.1. The van der Waals surface area contributed by atoms with Crippen molar-refractivity contribution in [1.29, 1.82) is 0 Å². The number of carbonyl (C=O) groups excluding carboxylic acids is 2. The van der Waals surface area contributed by atoms with Crippen LogP contribution in [0.1, 0.15) is 81.0 Å². The van der Waals surface area contributed by atoms with Gasteiger partial charge in [-0.05, 0) is 25.0 Å². The maximum Gasteiger partial charge on any atom is 0.252 e. The molecule has 1 fully saturated rings. The Morgan fingerprint density at radius 2 is 1.36 bits per heavy atom. The topological polar surface area (TPSA) is 106 Å². The highest BCUT2D eigenvalue weighted by molar-refractivity contribution is 5.98. The predicted octanol–water partition coefficient (Wildman–Crippen LogP) is 3.59. The summed E-state index contributed by atoms with van der Waals surface area (Å²) < 4.78 is 15.9. The summed E-state index contributed by atoms with van der Waals surface area (Å²) in [7, 11) is 4.41. The molecule has 0 aliphatic heterocycles. The number of nitrogens with one attached hydrogen (secondary N) is 2. The van der Waals surface area contributed by atoms with Crippen molar-refractivity contribution in [3.63, 3.8) is 0 Å². The number of benzene rings is 1. The van der Waals surface area contributed by atoms with Crippen LogP contribution in [0.5, 0.6) is 17.2 Å². The molecule has 0 unspecified atom stereocenters. The third-order valence-corrected chi connectivity index (χ3v) is 6.18. The fourth-order valence-corrected chi connectivity index (χ4v) is 4.26. The van der Waals surface area contributed by atoms with Crippen LogP contribution >= 0.6 is 0 Å². The number of carbonyl (C=O) groups is 2. The standard InChI is InChI=1S/C25H40N2O6/c1-31-21-15-18(16-22(32-2)23(21)33-3)24(29)27-20(17-28)25(30)26-19-13-11-9-7-5-4-6-8-10-12-14-19/h15-16,19-20,28H,4-14,17H2,1-3H3,(H,26,30)(H,27,29)/t20-/m0/s1. The molecule has 1 saturated carbocycles. The van der Waals surface area contributed by atoms with Crippen molar-refractivity contribution in [3.05, 3.63) is 17.7 Å². The van der Waals surface area contributed by atoms with E-state index >= 15 is 0 Å². The minimum Gasteiger partial charge on any atom is -0.493 e. The van der Waals surface area contributed by atoms with Crippen LogP contribution < -0.4 is 24.8 Å². The molecule has 0 heterocycles. The van der Waals surface area contributed by atoms with Gasteiger partial charge in [0.15, 0.2) is 11.5 Å². The van der Waals surface area contributed by atoms with Gasteiger partial charge in [-0.3, -0.25) is 9.59 Å². The van der Waals surface area contributed by atoms with Crippen LogP contribution in [0.4, 0.5) is 0 Å². The van der Waals surface area contributed by atoms with Crippen molar-refractivity contribution in [2.24, 2.45) is 0 Å². The minimum atomic E-state index is -1.04. The van der Waals surface area contributed by atoms with E-state index in [4.69, 9.17) is 14.2 Å². The van der Waals surface area contributed by atoms with Crippen molar-refractivity contribution < 1.29 is 28.9 Å². The van der Waals surface area contributed by atoms with Crippen molar-refractivity contribution in [2.45, 2.75) is 82.7 Å². The number of rotatable bonds is 8. The van der Waals surface area contributed by atoms with Gasteiger partial charge < -0.3 is 30.0 Å². The van der Waals surface area contributed by atoms with Gasteiger partial charge >= 0.3 is 0 Å². The molecule has 2 amide bonds. The van der Waals surface area contributed by atoms with Gasteiger partial charge in [-0.25, -0.2) is 0 Å². The second-order valence-electron chi connectivity index (χ2n) is 8.59. The Kier molecular flexibility index (Phi) is 11.9. The Balaban J connectivity index is 2.03. The Morgan fingerprint density at radius 3 is 1.79 bits per heavy atom. The lowest BCUT2D eigenvalue weighted by molar-refractivity contribution is -0.124. The maximum atomic E-state index is 12.9. The molecule has 1 atom stereocenters. The van der Waals surface area contributed by atoms with Gasteiger partial charge in [0.05, 0.1) is 27.9 Å². The Bertz CT molecular complexity index is 717. The molecule has 1 aliphatic rings. The summed E-state index contributed by atoms with van der Waals surface area (Å²) in [5.41, 5.74) is 0.238. The Morgan fingerprint density at radius 1 is 0.879 bits per heavy atom. The molecule has 0 spiro atoms. The molecule has 186 valence electrons. The molecule has 8 heteroatoms. The van der Waals surface area contributed by atoms with Gasteiger partial charge in [-0.15, -0.1) is 0 Å². The molecule has 0 bridgehead atoms. The Hall–Kier alpha value is -2.48. The highest BCUT2D eigenvalue weighted by atomic mass is 16.5. The normalized spacial score (nSPS) is 17.1. The van der Waals surface area contributed by atoms with Crippen molar-refractivity contribution in [3.8, 4) is 17.2 Å². The van der Waals surface area contributed by atoms with E-state index in [0.717, 1.165) is 25.7 Å². The van der Waals surface area contributed by atoms with E-state index in [2.05, 4.69) is 10.6 Å². The third-order valence-electron chi connectivity index (χ3n) is 6.18. The van der Waals surface area contributed by atoms with E-state index < -0.39 is 18.6 Å². The zero-order chi connectivity index (χ0) is 24.1. The van der Waals surface area contributed by atoms with Gasteiger partial charge in [-0.2, -0.15) is 0 Å². The first kappa shape index (κ1) is 26.8. The van der Waals surface area contributed by atoms with Crippen LogP contribution in [0.15, 0.2) is 12.1 Å². The molecule has 0 saturated heterocycles. The largest absolute Gasteiger partial charge is 0.493 e. The number of methoxy groups -OCH3 is 3. The van der Waals surface area contributed by atoms with Gasteiger partial charge in [0, 0.05) is 11.6 Å². The van der Waals surface area contributed by atoms with E-state index in [0.29, 0.717) is 17.2 Å². The predicted molar refractivity (Wildman–Crippen MR) is 127 cm³/mol. The average Bonchev–Trinajstić information content (AvgIpc) is 2.82. The molecule has 1 aromatic carbocycles. The molecular weight excluding hydrogens is 424 g/mol. The molecule has 3 N–H and O–H groups in total. The molecule has 8 nitrogen and oxygen atoms in total. The monoisotopic (exact) mass is 464 g/mol. The van der Waals surface area contributed by atoms with Crippen LogP contribution in [0.2, 0.25) is 0 Å². The van der Waals surface area contributed by atoms with Gasteiger partial charge in [0.25, 0.3) is 5.91 Å². The number of hydrogen-bond donors (Lipinski definition) is 3. The molecule has 1 aliphatic carbocycles. The quantitative estimate of drug-likeness (QED) is 0.543. The summed E-state index contributed by atoms with van der Waals surface area (Å²) in [6.45, 7) is -0.491. The number of amides is 2. The summed E-state index contributed by atoms with van der Waals surface area (Å²) in [5, 5.41) is 15.5. The Labute approximate surface area is 197 Å². The fourth-order valence-electron chi connectivity index (χ4n) is 4.26. The highest BCUT2D eigenvalue weighted by Gasteiger charge is 2.25. The molecule has 2 rings (SSSR count). The zero-order valence-corrected chi connectivity index (χ0v) is 20.3. The van der Waals surface area contributed by atoms with Crippen LogP contribution in [0, 0.1) is 0 Å². The van der Waals surface area contributed by atoms with E-state index in [9.17, 15) is 14.7 Å². The van der Waals surface area contributed by atoms with E-state index in [1.54, 1.807) is 0 Å². The highest BCUT2D eigenvalue weighted by Crippen LogP contribution is 2.38. The van der Waals surface area contributed by atoms with E-state index in [1.807, 2.05) is 0 Å². The average molecular weight is 465 g/mol. The smallest absolute Gasteiger partial charge is 0.252 e. The van der Waals surface area contributed by atoms with Gasteiger partial charge in [0.1, 0.15) is 6.04 Å². The van der Waals surface area contributed by atoms with E-state index in [-0.39, 0.29) is 17.5 Å². The molecule has 1 aromatic rings. The molecule has 33 heavy (non-hydrogen) atoms.